The number of hydrogen-bond donors (Lipinski definition) is 1. The highest BCUT2D eigenvalue weighted by molar-refractivity contribution is 7.98. The number of hydrogen-bond acceptors (Lipinski definition) is 4. The van der Waals surface area contributed by atoms with Crippen molar-refractivity contribution in [3.8, 4) is 0 Å². The van der Waals surface area contributed by atoms with Crippen molar-refractivity contribution in [1.82, 2.24) is 10.3 Å². The van der Waals surface area contributed by atoms with Gasteiger partial charge in [-0.2, -0.15) is 11.8 Å². The number of aromatic nitrogens is 1. The summed E-state index contributed by atoms with van der Waals surface area (Å²) in [6.45, 7) is 6.48. The third-order valence-corrected chi connectivity index (χ3v) is 3.81. The van der Waals surface area contributed by atoms with Crippen LogP contribution in [0.2, 0.25) is 0 Å². The van der Waals surface area contributed by atoms with Gasteiger partial charge in [-0.3, -0.25) is 0 Å². The van der Waals surface area contributed by atoms with Crippen LogP contribution in [0, 0.1) is 6.92 Å². The minimum Gasteiger partial charge on any atom is -0.306 e. The van der Waals surface area contributed by atoms with E-state index in [1.54, 1.807) is 11.3 Å². The van der Waals surface area contributed by atoms with Gasteiger partial charge in [-0.1, -0.05) is 0 Å². The van der Waals surface area contributed by atoms with Gasteiger partial charge in [-0.05, 0) is 39.2 Å². The summed E-state index contributed by atoms with van der Waals surface area (Å²) in [6.07, 6.45) is 3.37. The Bertz CT molecular complexity index is 286. The summed E-state index contributed by atoms with van der Waals surface area (Å²) in [4.78, 5) is 4.49. The molecule has 86 valence electrons. The maximum Gasteiger partial charge on any atom is 0.0898 e. The molecule has 0 aromatic carbocycles. The van der Waals surface area contributed by atoms with Crippen LogP contribution in [0.15, 0.2) is 5.38 Å². The van der Waals surface area contributed by atoms with Crippen LogP contribution in [0.25, 0.3) is 0 Å². The fourth-order valence-electron chi connectivity index (χ4n) is 1.47. The Morgan fingerprint density at radius 1 is 1.53 bits per heavy atom. The van der Waals surface area contributed by atoms with Crippen LogP contribution in [-0.2, 0) is 0 Å². The molecule has 0 fully saturated rings. The number of rotatable bonds is 6. The van der Waals surface area contributed by atoms with Gasteiger partial charge in [0.2, 0.25) is 0 Å². The van der Waals surface area contributed by atoms with E-state index >= 15 is 0 Å². The third-order valence-electron chi connectivity index (χ3n) is 2.37. The van der Waals surface area contributed by atoms with Crippen LogP contribution in [-0.4, -0.2) is 23.0 Å². The Balaban J connectivity index is 2.38. The van der Waals surface area contributed by atoms with E-state index in [9.17, 15) is 0 Å². The van der Waals surface area contributed by atoms with E-state index in [1.807, 2.05) is 11.8 Å². The summed E-state index contributed by atoms with van der Waals surface area (Å²) in [5.41, 5.74) is 1.17. The van der Waals surface area contributed by atoms with Gasteiger partial charge < -0.3 is 5.32 Å². The normalized spacial score (nSPS) is 15.2. The second-order valence-electron chi connectivity index (χ2n) is 3.86. The van der Waals surface area contributed by atoms with Gasteiger partial charge in [-0.15, -0.1) is 11.3 Å². The summed E-state index contributed by atoms with van der Waals surface area (Å²) in [5, 5.41) is 6.87. The molecule has 0 bridgehead atoms. The highest BCUT2D eigenvalue weighted by atomic mass is 32.2. The van der Waals surface area contributed by atoms with Crippen molar-refractivity contribution in [2.75, 3.05) is 12.0 Å². The number of nitrogens with one attached hydrogen (secondary N) is 1. The van der Waals surface area contributed by atoms with Crippen molar-refractivity contribution in [2.45, 2.75) is 39.3 Å². The average Bonchev–Trinajstić information content (AvgIpc) is 2.61. The summed E-state index contributed by atoms with van der Waals surface area (Å²) in [6, 6.07) is 0.932. The molecule has 1 N–H and O–H groups in total. The van der Waals surface area contributed by atoms with E-state index in [0.717, 1.165) is 5.01 Å². The molecule has 1 rings (SSSR count). The predicted molar refractivity (Wildman–Crippen MR) is 70.9 cm³/mol. The first kappa shape index (κ1) is 13.0. The standard InChI is InChI=1S/C11H20N2S2/c1-8(5-6-14-4)12-9(2)11-7-15-10(3)13-11/h7-9,12H,5-6H2,1-4H3. The van der Waals surface area contributed by atoms with Crippen molar-refractivity contribution in [2.24, 2.45) is 0 Å². The van der Waals surface area contributed by atoms with Gasteiger partial charge in [0.05, 0.1) is 10.7 Å². The molecule has 0 saturated heterocycles. The summed E-state index contributed by atoms with van der Waals surface area (Å²) < 4.78 is 0. The first-order chi connectivity index (χ1) is 7.13. The molecule has 0 radical (unpaired) electrons. The highest BCUT2D eigenvalue weighted by Gasteiger charge is 2.11. The monoisotopic (exact) mass is 244 g/mol. The smallest absolute Gasteiger partial charge is 0.0898 e. The van der Waals surface area contributed by atoms with Crippen molar-refractivity contribution < 1.29 is 0 Å². The summed E-state index contributed by atoms with van der Waals surface area (Å²) >= 11 is 3.63. The molecule has 2 atom stereocenters. The lowest BCUT2D eigenvalue weighted by molar-refractivity contribution is 0.466. The number of nitrogens with zero attached hydrogens (tertiary/aromatic N) is 1. The van der Waals surface area contributed by atoms with Gasteiger partial charge in [0.1, 0.15) is 0 Å². The zero-order valence-corrected chi connectivity index (χ0v) is 11.5. The van der Waals surface area contributed by atoms with E-state index < -0.39 is 0 Å². The maximum atomic E-state index is 4.49. The maximum absolute atomic E-state index is 4.49. The van der Waals surface area contributed by atoms with Gasteiger partial charge in [-0.25, -0.2) is 4.98 Å². The number of aryl methyl sites for hydroxylation is 1. The molecule has 0 aliphatic rings. The fourth-order valence-corrected chi connectivity index (χ4v) is 2.76. The molecule has 0 aliphatic carbocycles. The number of thioether (sulfide) groups is 1. The second-order valence-corrected chi connectivity index (χ2v) is 5.91. The zero-order valence-electron chi connectivity index (χ0n) is 9.91. The quantitative estimate of drug-likeness (QED) is 0.831. The molecular weight excluding hydrogens is 224 g/mol. The molecule has 2 nitrogen and oxygen atoms in total. The van der Waals surface area contributed by atoms with Crippen LogP contribution in [0.5, 0.6) is 0 Å². The largest absolute Gasteiger partial charge is 0.306 e. The van der Waals surface area contributed by atoms with Gasteiger partial charge in [0, 0.05) is 17.5 Å². The minimum absolute atomic E-state index is 0.367. The van der Waals surface area contributed by atoms with Gasteiger partial charge >= 0.3 is 0 Å². The van der Waals surface area contributed by atoms with E-state index in [4.69, 9.17) is 0 Å². The van der Waals surface area contributed by atoms with E-state index in [1.165, 1.54) is 17.9 Å². The Morgan fingerprint density at radius 3 is 2.80 bits per heavy atom. The molecule has 1 heterocycles. The van der Waals surface area contributed by atoms with E-state index in [-0.39, 0.29) is 0 Å². The van der Waals surface area contributed by atoms with Crippen molar-refractivity contribution in [3.63, 3.8) is 0 Å². The van der Waals surface area contributed by atoms with Crippen LogP contribution in [0.4, 0.5) is 0 Å². The predicted octanol–water partition coefficient (Wildman–Crippen LogP) is 3.24. The molecule has 2 unspecified atom stereocenters. The van der Waals surface area contributed by atoms with Crippen LogP contribution in [0.1, 0.15) is 37.0 Å². The Labute approximate surface area is 101 Å². The third kappa shape index (κ3) is 4.53. The lowest BCUT2D eigenvalue weighted by Gasteiger charge is -2.18. The topological polar surface area (TPSA) is 24.9 Å². The Morgan fingerprint density at radius 2 is 2.27 bits per heavy atom. The van der Waals surface area contributed by atoms with Crippen molar-refractivity contribution in [3.05, 3.63) is 16.1 Å². The molecule has 0 saturated carbocycles. The van der Waals surface area contributed by atoms with Crippen molar-refractivity contribution >= 4 is 23.1 Å². The molecule has 15 heavy (non-hydrogen) atoms. The SMILES string of the molecule is CSCCC(C)NC(C)c1csc(C)n1. The molecule has 0 spiro atoms. The molecule has 4 heteroatoms. The molecule has 1 aromatic heterocycles. The van der Waals surface area contributed by atoms with Gasteiger partial charge in [0.25, 0.3) is 0 Å². The molecule has 0 aliphatic heterocycles. The first-order valence-electron chi connectivity index (χ1n) is 5.30. The number of thiazole rings is 1. The lowest BCUT2D eigenvalue weighted by atomic mass is 10.2. The van der Waals surface area contributed by atoms with Gasteiger partial charge in [0.15, 0.2) is 0 Å². The molecule has 0 amide bonds. The minimum atomic E-state index is 0.367. The highest BCUT2D eigenvalue weighted by Crippen LogP contribution is 2.16. The van der Waals surface area contributed by atoms with Crippen molar-refractivity contribution in [1.29, 1.82) is 0 Å². The second kappa shape index (κ2) is 6.51. The summed E-state index contributed by atoms with van der Waals surface area (Å²) in [5.74, 6) is 1.22. The van der Waals surface area contributed by atoms with Crippen LogP contribution < -0.4 is 5.32 Å². The Kier molecular flexibility index (Phi) is 5.64. The molecular formula is C11H20N2S2. The van der Waals surface area contributed by atoms with Crippen LogP contribution in [0.3, 0.4) is 0 Å². The lowest BCUT2D eigenvalue weighted by Crippen LogP contribution is -2.29. The zero-order chi connectivity index (χ0) is 11.3. The summed E-state index contributed by atoms with van der Waals surface area (Å²) in [7, 11) is 0. The Hall–Kier alpha value is -0.0600. The first-order valence-corrected chi connectivity index (χ1v) is 7.58. The van der Waals surface area contributed by atoms with E-state index in [0.29, 0.717) is 12.1 Å². The van der Waals surface area contributed by atoms with Crippen LogP contribution >= 0.6 is 23.1 Å². The van der Waals surface area contributed by atoms with E-state index in [2.05, 4.69) is 42.7 Å². The fraction of sp³-hybridized carbons (Fsp3) is 0.727. The average molecular weight is 244 g/mol. The molecule has 1 aromatic rings.